The average Bonchev–Trinajstić information content (AvgIpc) is 2.01. The zero-order valence-corrected chi connectivity index (χ0v) is 7.47. The van der Waals surface area contributed by atoms with Crippen molar-refractivity contribution in [2.45, 2.75) is 39.5 Å². The molecule has 0 aliphatic heterocycles. The van der Waals surface area contributed by atoms with Crippen LogP contribution in [0.5, 0.6) is 0 Å². The lowest BCUT2D eigenvalue weighted by atomic mass is 10.0. The average molecular weight is 155 g/mol. The largest absolute Gasteiger partial charge is 0.234 e. The van der Waals surface area contributed by atoms with Gasteiger partial charge in [-0.3, -0.25) is 0 Å². The standard InChI is InChI=1S/C9H17NO/c1-3-4-5-6-9(2)7-10-8-11/h9H,3-7H2,1-2H3. The molecule has 1 atom stereocenters. The molecule has 2 heteroatoms. The lowest BCUT2D eigenvalue weighted by Crippen LogP contribution is -1.98. The van der Waals surface area contributed by atoms with Gasteiger partial charge in [-0.25, -0.2) is 9.79 Å². The van der Waals surface area contributed by atoms with Crippen LogP contribution in [0.3, 0.4) is 0 Å². The van der Waals surface area contributed by atoms with Gasteiger partial charge in [-0.1, -0.05) is 33.1 Å². The SMILES string of the molecule is CCCCCC(C)CN=C=O. The minimum atomic E-state index is 0.544. The maximum Gasteiger partial charge on any atom is 0.234 e. The van der Waals surface area contributed by atoms with Crippen LogP contribution >= 0.6 is 0 Å². The molecule has 0 rings (SSSR count). The van der Waals surface area contributed by atoms with E-state index in [9.17, 15) is 4.79 Å². The van der Waals surface area contributed by atoms with E-state index >= 15 is 0 Å². The molecular weight excluding hydrogens is 138 g/mol. The number of hydrogen-bond acceptors (Lipinski definition) is 2. The Morgan fingerprint density at radius 3 is 2.73 bits per heavy atom. The van der Waals surface area contributed by atoms with Crippen molar-refractivity contribution in [3.8, 4) is 0 Å². The number of unbranched alkanes of at least 4 members (excludes halogenated alkanes) is 2. The lowest BCUT2D eigenvalue weighted by molar-refractivity contribution is 0.500. The van der Waals surface area contributed by atoms with Crippen LogP contribution in [0, 0.1) is 5.92 Å². The van der Waals surface area contributed by atoms with Crippen LogP contribution < -0.4 is 0 Å². The van der Waals surface area contributed by atoms with Gasteiger partial charge < -0.3 is 0 Å². The van der Waals surface area contributed by atoms with Gasteiger partial charge in [-0.05, 0) is 12.3 Å². The van der Waals surface area contributed by atoms with Crippen LogP contribution in [-0.2, 0) is 4.79 Å². The summed E-state index contributed by atoms with van der Waals surface area (Å²) in [5.41, 5.74) is 0. The molecule has 0 amide bonds. The van der Waals surface area contributed by atoms with Crippen LogP contribution in [0.4, 0.5) is 0 Å². The van der Waals surface area contributed by atoms with Crippen molar-refractivity contribution in [2.75, 3.05) is 6.54 Å². The highest BCUT2D eigenvalue weighted by Crippen LogP contribution is 2.08. The van der Waals surface area contributed by atoms with Crippen molar-refractivity contribution in [1.82, 2.24) is 0 Å². The molecule has 0 saturated heterocycles. The molecular formula is C9H17NO. The van der Waals surface area contributed by atoms with Gasteiger partial charge in [0.25, 0.3) is 0 Å². The van der Waals surface area contributed by atoms with Crippen LogP contribution in [0.2, 0.25) is 0 Å². The first-order valence-corrected chi connectivity index (χ1v) is 4.34. The Labute approximate surface area is 68.7 Å². The van der Waals surface area contributed by atoms with Crippen LogP contribution in [0.15, 0.2) is 4.99 Å². The predicted molar refractivity (Wildman–Crippen MR) is 46.3 cm³/mol. The first-order chi connectivity index (χ1) is 5.31. The number of rotatable bonds is 6. The minimum absolute atomic E-state index is 0.544. The molecule has 0 heterocycles. The van der Waals surface area contributed by atoms with Crippen LogP contribution in [-0.4, -0.2) is 12.6 Å². The lowest BCUT2D eigenvalue weighted by Gasteiger charge is -2.05. The minimum Gasteiger partial charge on any atom is -0.211 e. The second-order valence-corrected chi connectivity index (χ2v) is 3.03. The third-order valence-electron chi connectivity index (χ3n) is 1.77. The molecule has 0 spiro atoms. The van der Waals surface area contributed by atoms with E-state index in [1.165, 1.54) is 25.7 Å². The van der Waals surface area contributed by atoms with Gasteiger partial charge in [0, 0.05) is 0 Å². The van der Waals surface area contributed by atoms with Gasteiger partial charge in [0.1, 0.15) is 0 Å². The molecule has 0 bridgehead atoms. The maximum absolute atomic E-state index is 9.75. The normalized spacial score (nSPS) is 12.2. The fourth-order valence-electron chi connectivity index (χ4n) is 1.03. The number of nitrogens with zero attached hydrogens (tertiary/aromatic N) is 1. The van der Waals surface area contributed by atoms with Crippen molar-refractivity contribution in [1.29, 1.82) is 0 Å². The molecule has 1 unspecified atom stereocenters. The van der Waals surface area contributed by atoms with Gasteiger partial charge in [0.05, 0.1) is 6.54 Å². The predicted octanol–water partition coefficient (Wildman–Crippen LogP) is 2.54. The van der Waals surface area contributed by atoms with E-state index in [0.29, 0.717) is 12.5 Å². The summed E-state index contributed by atoms with van der Waals surface area (Å²) in [7, 11) is 0. The fourth-order valence-corrected chi connectivity index (χ4v) is 1.03. The molecule has 0 fully saturated rings. The molecule has 0 saturated carbocycles. The van der Waals surface area contributed by atoms with E-state index in [-0.39, 0.29) is 0 Å². The molecule has 11 heavy (non-hydrogen) atoms. The molecule has 64 valence electrons. The van der Waals surface area contributed by atoms with Crippen LogP contribution in [0.1, 0.15) is 39.5 Å². The summed E-state index contributed by atoms with van der Waals surface area (Å²) in [6.45, 7) is 4.96. The number of carbonyl (C=O) groups excluding carboxylic acids is 1. The van der Waals surface area contributed by atoms with Crippen molar-refractivity contribution >= 4 is 6.08 Å². The topological polar surface area (TPSA) is 29.4 Å². The molecule has 0 aromatic heterocycles. The summed E-state index contributed by atoms with van der Waals surface area (Å²) < 4.78 is 0. The monoisotopic (exact) mass is 155 g/mol. The van der Waals surface area contributed by atoms with Gasteiger partial charge in [0.15, 0.2) is 0 Å². The highest BCUT2D eigenvalue weighted by Gasteiger charge is 1.98. The van der Waals surface area contributed by atoms with E-state index in [1.807, 2.05) is 0 Å². The second-order valence-electron chi connectivity index (χ2n) is 3.03. The van der Waals surface area contributed by atoms with Crippen molar-refractivity contribution in [3.05, 3.63) is 0 Å². The quantitative estimate of drug-likeness (QED) is 0.329. The van der Waals surface area contributed by atoms with Crippen molar-refractivity contribution in [2.24, 2.45) is 10.9 Å². The fraction of sp³-hybridized carbons (Fsp3) is 0.889. The second kappa shape index (κ2) is 7.49. The molecule has 0 aromatic rings. The van der Waals surface area contributed by atoms with E-state index in [4.69, 9.17) is 0 Å². The molecule has 2 nitrogen and oxygen atoms in total. The highest BCUT2D eigenvalue weighted by atomic mass is 16.1. The summed E-state index contributed by atoms with van der Waals surface area (Å²) in [4.78, 5) is 13.3. The van der Waals surface area contributed by atoms with Crippen molar-refractivity contribution < 1.29 is 4.79 Å². The molecule has 0 aliphatic rings. The van der Waals surface area contributed by atoms with Crippen LogP contribution in [0.25, 0.3) is 0 Å². The zero-order valence-electron chi connectivity index (χ0n) is 7.47. The Morgan fingerprint density at radius 2 is 2.18 bits per heavy atom. The van der Waals surface area contributed by atoms with E-state index in [2.05, 4.69) is 18.8 Å². The van der Waals surface area contributed by atoms with Gasteiger partial charge in [0.2, 0.25) is 6.08 Å². The van der Waals surface area contributed by atoms with E-state index in [1.54, 1.807) is 6.08 Å². The maximum atomic E-state index is 9.75. The van der Waals surface area contributed by atoms with Crippen molar-refractivity contribution in [3.63, 3.8) is 0 Å². The van der Waals surface area contributed by atoms with Gasteiger partial charge in [-0.2, -0.15) is 0 Å². The Hall–Kier alpha value is -0.620. The van der Waals surface area contributed by atoms with Gasteiger partial charge in [-0.15, -0.1) is 0 Å². The number of isocyanates is 1. The Morgan fingerprint density at radius 1 is 1.45 bits per heavy atom. The summed E-state index contributed by atoms with van der Waals surface area (Å²) in [5.74, 6) is 0.544. The number of aliphatic imine (C=N–C) groups is 1. The smallest absolute Gasteiger partial charge is 0.211 e. The summed E-state index contributed by atoms with van der Waals surface area (Å²) in [6.07, 6.45) is 6.54. The van der Waals surface area contributed by atoms with E-state index in [0.717, 1.165) is 0 Å². The van der Waals surface area contributed by atoms with Gasteiger partial charge >= 0.3 is 0 Å². The zero-order chi connectivity index (χ0) is 8.53. The first-order valence-electron chi connectivity index (χ1n) is 4.34. The highest BCUT2D eigenvalue weighted by molar-refractivity contribution is 5.32. The molecule has 0 radical (unpaired) electrons. The summed E-state index contributed by atoms with van der Waals surface area (Å²) >= 11 is 0. The Bertz CT molecular complexity index is 128. The first kappa shape index (κ1) is 10.4. The Balaban J connectivity index is 3.21. The third-order valence-corrected chi connectivity index (χ3v) is 1.77. The number of hydrogen-bond donors (Lipinski definition) is 0. The Kier molecular flexibility index (Phi) is 7.06. The molecule has 0 aliphatic carbocycles. The van der Waals surface area contributed by atoms with E-state index < -0.39 is 0 Å². The third kappa shape index (κ3) is 7.27. The summed E-state index contributed by atoms with van der Waals surface area (Å²) in [5, 5.41) is 0. The summed E-state index contributed by atoms with van der Waals surface area (Å²) in [6, 6.07) is 0. The molecule has 0 N–H and O–H groups in total. The molecule has 0 aromatic carbocycles.